The summed E-state index contributed by atoms with van der Waals surface area (Å²) in [6, 6.07) is 16.8. The third-order valence-electron chi connectivity index (χ3n) is 4.00. The zero-order valence-corrected chi connectivity index (χ0v) is 13.7. The molecule has 0 aromatic heterocycles. The van der Waals surface area contributed by atoms with E-state index in [-0.39, 0.29) is 5.91 Å². The Balaban J connectivity index is 1.52. The summed E-state index contributed by atoms with van der Waals surface area (Å²) in [6.07, 6.45) is 0. The van der Waals surface area contributed by atoms with Gasteiger partial charge in [-0.1, -0.05) is 24.3 Å². The minimum atomic E-state index is -0.0661. The number of para-hydroxylation sites is 1. The third-order valence-corrected chi connectivity index (χ3v) is 4.00. The van der Waals surface area contributed by atoms with Gasteiger partial charge in [0.15, 0.2) is 0 Å². The number of amides is 1. The minimum Gasteiger partial charge on any atom is -0.457 e. The van der Waals surface area contributed by atoms with Gasteiger partial charge < -0.3 is 15.4 Å². The Morgan fingerprint density at radius 3 is 2.58 bits per heavy atom. The molecule has 0 radical (unpaired) electrons. The van der Waals surface area contributed by atoms with Crippen molar-refractivity contribution in [1.29, 1.82) is 0 Å². The predicted octanol–water partition coefficient (Wildman–Crippen LogP) is 2.11. The minimum absolute atomic E-state index is 0.0661. The molecule has 0 aliphatic carbocycles. The average Bonchev–Trinajstić information content (AvgIpc) is 2.64. The van der Waals surface area contributed by atoms with Crippen LogP contribution < -0.4 is 15.4 Å². The molecule has 5 heteroatoms. The first-order valence-electron chi connectivity index (χ1n) is 8.35. The van der Waals surface area contributed by atoms with Gasteiger partial charge >= 0.3 is 0 Å². The van der Waals surface area contributed by atoms with Crippen molar-refractivity contribution in [3.63, 3.8) is 0 Å². The second-order valence-corrected chi connectivity index (χ2v) is 5.79. The highest BCUT2D eigenvalue weighted by atomic mass is 16.5. The van der Waals surface area contributed by atoms with E-state index in [1.54, 1.807) is 12.1 Å². The molecule has 3 rings (SSSR count). The van der Waals surface area contributed by atoms with E-state index in [1.165, 1.54) is 0 Å². The van der Waals surface area contributed by atoms with Crippen molar-refractivity contribution >= 4 is 5.91 Å². The Hall–Kier alpha value is -2.37. The second kappa shape index (κ2) is 8.47. The maximum absolute atomic E-state index is 12.3. The topological polar surface area (TPSA) is 53.6 Å². The SMILES string of the molecule is O=C(NCCN1CCNCC1)c1cccc(Oc2ccccc2)c1. The first-order valence-corrected chi connectivity index (χ1v) is 8.35. The van der Waals surface area contributed by atoms with Crippen LogP contribution in [0.4, 0.5) is 0 Å². The molecule has 126 valence electrons. The highest BCUT2D eigenvalue weighted by Gasteiger charge is 2.10. The molecule has 1 aliphatic heterocycles. The van der Waals surface area contributed by atoms with Crippen LogP contribution in [0.2, 0.25) is 0 Å². The Bertz CT molecular complexity index is 655. The zero-order chi connectivity index (χ0) is 16.6. The third kappa shape index (κ3) is 4.81. The highest BCUT2D eigenvalue weighted by molar-refractivity contribution is 5.94. The number of carbonyl (C=O) groups excluding carboxylic acids is 1. The van der Waals surface area contributed by atoms with Crippen molar-refractivity contribution in [3.8, 4) is 11.5 Å². The number of nitrogens with zero attached hydrogens (tertiary/aromatic N) is 1. The van der Waals surface area contributed by atoms with Crippen molar-refractivity contribution in [3.05, 3.63) is 60.2 Å². The van der Waals surface area contributed by atoms with E-state index in [1.807, 2.05) is 42.5 Å². The Morgan fingerprint density at radius 2 is 1.79 bits per heavy atom. The van der Waals surface area contributed by atoms with Gasteiger partial charge in [0.1, 0.15) is 11.5 Å². The van der Waals surface area contributed by atoms with Crippen LogP contribution in [0.1, 0.15) is 10.4 Å². The van der Waals surface area contributed by atoms with Crippen LogP contribution in [0.3, 0.4) is 0 Å². The number of ether oxygens (including phenoxy) is 1. The summed E-state index contributed by atoms with van der Waals surface area (Å²) in [7, 11) is 0. The average molecular weight is 325 g/mol. The molecule has 0 saturated carbocycles. The van der Waals surface area contributed by atoms with Crippen LogP contribution in [0.25, 0.3) is 0 Å². The van der Waals surface area contributed by atoms with Gasteiger partial charge in [0, 0.05) is 44.8 Å². The fourth-order valence-corrected chi connectivity index (χ4v) is 2.69. The van der Waals surface area contributed by atoms with Crippen LogP contribution in [0.5, 0.6) is 11.5 Å². The summed E-state index contributed by atoms with van der Waals surface area (Å²) < 4.78 is 5.77. The van der Waals surface area contributed by atoms with Gasteiger partial charge in [0.05, 0.1) is 0 Å². The standard InChI is InChI=1S/C19H23N3O2/c23-19(21-11-14-22-12-9-20-10-13-22)16-5-4-8-18(15-16)24-17-6-2-1-3-7-17/h1-8,15,20H,9-14H2,(H,21,23). The lowest BCUT2D eigenvalue weighted by atomic mass is 10.2. The quantitative estimate of drug-likeness (QED) is 0.854. The Kier molecular flexibility index (Phi) is 5.82. The van der Waals surface area contributed by atoms with E-state index >= 15 is 0 Å². The summed E-state index contributed by atoms with van der Waals surface area (Å²) in [6.45, 7) is 5.66. The molecule has 2 aromatic rings. The van der Waals surface area contributed by atoms with Crippen molar-refractivity contribution < 1.29 is 9.53 Å². The van der Waals surface area contributed by atoms with Gasteiger partial charge in [-0.05, 0) is 30.3 Å². The lowest BCUT2D eigenvalue weighted by molar-refractivity contribution is 0.0947. The number of nitrogens with one attached hydrogen (secondary N) is 2. The van der Waals surface area contributed by atoms with Crippen molar-refractivity contribution in [2.75, 3.05) is 39.3 Å². The highest BCUT2D eigenvalue weighted by Crippen LogP contribution is 2.21. The van der Waals surface area contributed by atoms with E-state index in [0.717, 1.165) is 38.5 Å². The normalized spacial score (nSPS) is 15.0. The van der Waals surface area contributed by atoms with Gasteiger partial charge in [-0.15, -0.1) is 0 Å². The molecule has 1 aliphatic rings. The number of carbonyl (C=O) groups is 1. The second-order valence-electron chi connectivity index (χ2n) is 5.79. The molecule has 2 aromatic carbocycles. The fourth-order valence-electron chi connectivity index (χ4n) is 2.69. The molecule has 1 saturated heterocycles. The maximum atomic E-state index is 12.3. The number of hydrogen-bond donors (Lipinski definition) is 2. The van der Waals surface area contributed by atoms with Crippen LogP contribution >= 0.6 is 0 Å². The van der Waals surface area contributed by atoms with E-state index in [9.17, 15) is 4.79 Å². The fraction of sp³-hybridized carbons (Fsp3) is 0.316. The largest absolute Gasteiger partial charge is 0.457 e. The van der Waals surface area contributed by atoms with Crippen molar-refractivity contribution in [2.24, 2.45) is 0 Å². The number of rotatable bonds is 6. The monoisotopic (exact) mass is 325 g/mol. The number of piperazine rings is 1. The first kappa shape index (κ1) is 16.5. The molecule has 0 unspecified atom stereocenters. The van der Waals surface area contributed by atoms with E-state index < -0.39 is 0 Å². The van der Waals surface area contributed by atoms with Crippen molar-refractivity contribution in [2.45, 2.75) is 0 Å². The summed E-state index contributed by atoms with van der Waals surface area (Å²) in [5.74, 6) is 1.35. The van der Waals surface area contributed by atoms with Gasteiger partial charge in [-0.25, -0.2) is 0 Å². The zero-order valence-electron chi connectivity index (χ0n) is 13.7. The molecule has 1 amide bonds. The Labute approximate surface area is 142 Å². The smallest absolute Gasteiger partial charge is 0.251 e. The lowest BCUT2D eigenvalue weighted by Gasteiger charge is -2.27. The summed E-state index contributed by atoms with van der Waals surface area (Å²) in [5.41, 5.74) is 0.615. The molecule has 0 bridgehead atoms. The Morgan fingerprint density at radius 1 is 1.04 bits per heavy atom. The predicted molar refractivity (Wildman–Crippen MR) is 94.6 cm³/mol. The van der Waals surface area contributed by atoms with E-state index in [2.05, 4.69) is 15.5 Å². The molecule has 1 fully saturated rings. The molecular formula is C19H23N3O2. The summed E-state index contributed by atoms with van der Waals surface area (Å²) >= 11 is 0. The van der Waals surface area contributed by atoms with Crippen molar-refractivity contribution in [1.82, 2.24) is 15.5 Å². The molecule has 0 spiro atoms. The van der Waals surface area contributed by atoms with Gasteiger partial charge in [-0.2, -0.15) is 0 Å². The molecule has 2 N–H and O–H groups in total. The van der Waals surface area contributed by atoms with Crippen LogP contribution in [-0.4, -0.2) is 50.1 Å². The number of benzene rings is 2. The van der Waals surface area contributed by atoms with Crippen LogP contribution in [0, 0.1) is 0 Å². The molecule has 1 heterocycles. The van der Waals surface area contributed by atoms with Gasteiger partial charge in [-0.3, -0.25) is 9.69 Å². The molecule has 0 atom stereocenters. The molecular weight excluding hydrogens is 302 g/mol. The maximum Gasteiger partial charge on any atom is 0.251 e. The van der Waals surface area contributed by atoms with E-state index in [0.29, 0.717) is 17.9 Å². The first-order chi connectivity index (χ1) is 11.8. The summed E-state index contributed by atoms with van der Waals surface area (Å²) in [5, 5.41) is 6.30. The lowest BCUT2D eigenvalue weighted by Crippen LogP contribution is -2.46. The summed E-state index contributed by atoms with van der Waals surface area (Å²) in [4.78, 5) is 14.6. The van der Waals surface area contributed by atoms with E-state index in [4.69, 9.17) is 4.74 Å². The van der Waals surface area contributed by atoms with Crippen LogP contribution in [0.15, 0.2) is 54.6 Å². The number of hydrogen-bond acceptors (Lipinski definition) is 4. The van der Waals surface area contributed by atoms with Gasteiger partial charge in [0.2, 0.25) is 0 Å². The van der Waals surface area contributed by atoms with Crippen LogP contribution in [-0.2, 0) is 0 Å². The van der Waals surface area contributed by atoms with Gasteiger partial charge in [0.25, 0.3) is 5.91 Å². The molecule has 5 nitrogen and oxygen atoms in total. The molecule has 24 heavy (non-hydrogen) atoms.